The molecule has 3 amide bonds. The van der Waals surface area contributed by atoms with Gasteiger partial charge in [-0.1, -0.05) is 25.5 Å². The molecule has 19 heavy (non-hydrogen) atoms. The molecule has 0 saturated carbocycles. The topological polar surface area (TPSA) is 75.4 Å². The summed E-state index contributed by atoms with van der Waals surface area (Å²) in [6, 6.07) is 4.84. The van der Waals surface area contributed by atoms with E-state index in [1.165, 1.54) is 4.90 Å². The number of carbonyl (C=O) groups is 2. The number of nitrogens with two attached hydrogens (primary N) is 1. The molecule has 0 bridgehead atoms. The molecule has 1 unspecified atom stereocenters. The van der Waals surface area contributed by atoms with Crippen molar-refractivity contribution < 1.29 is 9.59 Å². The van der Waals surface area contributed by atoms with Gasteiger partial charge in [0.05, 0.1) is 6.54 Å². The van der Waals surface area contributed by atoms with Crippen LogP contribution in [0.25, 0.3) is 0 Å². The number of amides is 3. The van der Waals surface area contributed by atoms with Gasteiger partial charge in [-0.2, -0.15) is 0 Å². The highest BCUT2D eigenvalue weighted by molar-refractivity contribution is 6.04. The Kier molecular flexibility index (Phi) is 3.74. The molecule has 1 fully saturated rings. The van der Waals surface area contributed by atoms with Crippen LogP contribution < -0.4 is 11.1 Å². The van der Waals surface area contributed by atoms with Gasteiger partial charge in [0.25, 0.3) is 5.91 Å². The molecule has 102 valence electrons. The Morgan fingerprint density at radius 3 is 2.79 bits per heavy atom. The first-order chi connectivity index (χ1) is 9.04. The highest BCUT2D eigenvalue weighted by atomic mass is 16.2. The minimum atomic E-state index is -0.376. The van der Waals surface area contributed by atoms with E-state index >= 15 is 0 Å². The van der Waals surface area contributed by atoms with Crippen LogP contribution in [-0.4, -0.2) is 22.9 Å². The maximum Gasteiger partial charge on any atom is 0.325 e. The molecule has 1 atom stereocenters. The molecule has 1 aromatic carbocycles. The van der Waals surface area contributed by atoms with Gasteiger partial charge in [-0.05, 0) is 30.5 Å². The largest absolute Gasteiger partial charge is 0.399 e. The summed E-state index contributed by atoms with van der Waals surface area (Å²) in [5.74, 6) is -0.145. The van der Waals surface area contributed by atoms with Crippen LogP contribution >= 0.6 is 0 Å². The molecule has 3 N–H and O–H groups in total. The molecule has 2 rings (SSSR count). The van der Waals surface area contributed by atoms with E-state index in [-0.39, 0.29) is 24.5 Å². The number of nitrogens with one attached hydrogen (secondary N) is 1. The molecule has 1 saturated heterocycles. The van der Waals surface area contributed by atoms with E-state index in [1.807, 2.05) is 32.0 Å². The molecule has 1 aromatic rings. The van der Waals surface area contributed by atoms with Crippen molar-refractivity contribution in [2.45, 2.75) is 39.3 Å². The van der Waals surface area contributed by atoms with Crippen molar-refractivity contribution in [2.75, 3.05) is 5.73 Å². The van der Waals surface area contributed by atoms with Crippen molar-refractivity contribution in [2.24, 2.45) is 0 Å². The lowest BCUT2D eigenvalue weighted by Crippen LogP contribution is -2.31. The van der Waals surface area contributed by atoms with E-state index in [4.69, 9.17) is 5.73 Å². The second kappa shape index (κ2) is 5.30. The molecule has 0 aromatic heterocycles. The fourth-order valence-corrected chi connectivity index (χ4v) is 2.26. The molecule has 0 spiro atoms. The fraction of sp³-hybridized carbons (Fsp3) is 0.429. The molecule has 0 aliphatic carbocycles. The van der Waals surface area contributed by atoms with Crippen LogP contribution in [0.5, 0.6) is 0 Å². The van der Waals surface area contributed by atoms with Crippen LogP contribution in [-0.2, 0) is 11.3 Å². The molecular weight excluding hydrogens is 242 g/mol. The zero-order valence-corrected chi connectivity index (χ0v) is 11.3. The van der Waals surface area contributed by atoms with Gasteiger partial charge in [0.2, 0.25) is 0 Å². The number of anilines is 1. The van der Waals surface area contributed by atoms with E-state index in [0.717, 1.165) is 17.5 Å². The highest BCUT2D eigenvalue weighted by Crippen LogP contribution is 2.20. The standard InChI is InChI=1S/C14H19N3O2/c1-3-5-12-13(18)17(14(19)16-12)8-10-6-4-7-11(15)9(10)2/h4,6-7,12H,3,5,8,15H2,1-2H3,(H,16,19). The molecule has 5 heteroatoms. The third-order valence-corrected chi connectivity index (χ3v) is 3.50. The van der Waals surface area contributed by atoms with E-state index in [2.05, 4.69) is 5.32 Å². The second-order valence-corrected chi connectivity index (χ2v) is 4.85. The number of hydrogen-bond acceptors (Lipinski definition) is 3. The average Bonchev–Trinajstić information content (AvgIpc) is 2.63. The molecule has 1 aliphatic heterocycles. The Morgan fingerprint density at radius 2 is 2.11 bits per heavy atom. The van der Waals surface area contributed by atoms with Crippen molar-refractivity contribution in [3.05, 3.63) is 29.3 Å². The second-order valence-electron chi connectivity index (χ2n) is 4.85. The predicted molar refractivity (Wildman–Crippen MR) is 73.4 cm³/mol. The van der Waals surface area contributed by atoms with E-state index in [1.54, 1.807) is 0 Å². The maximum absolute atomic E-state index is 12.1. The Hall–Kier alpha value is -2.04. The van der Waals surface area contributed by atoms with Gasteiger partial charge in [-0.25, -0.2) is 4.79 Å². The lowest BCUT2D eigenvalue weighted by molar-refractivity contribution is -0.128. The normalized spacial score (nSPS) is 18.8. The molecule has 1 aliphatic rings. The minimum Gasteiger partial charge on any atom is -0.399 e. The Labute approximate surface area is 112 Å². The molecule has 1 heterocycles. The number of imide groups is 1. The summed E-state index contributed by atoms with van der Waals surface area (Å²) in [6.07, 6.45) is 1.54. The molecule has 5 nitrogen and oxygen atoms in total. The van der Waals surface area contributed by atoms with E-state index in [0.29, 0.717) is 12.1 Å². The van der Waals surface area contributed by atoms with Crippen molar-refractivity contribution in [1.82, 2.24) is 10.2 Å². The van der Waals surface area contributed by atoms with Gasteiger partial charge in [-0.15, -0.1) is 0 Å². The van der Waals surface area contributed by atoms with Crippen LogP contribution in [0.1, 0.15) is 30.9 Å². The van der Waals surface area contributed by atoms with Gasteiger partial charge in [-0.3, -0.25) is 9.69 Å². The smallest absolute Gasteiger partial charge is 0.325 e. The minimum absolute atomic E-state index is 0.145. The number of rotatable bonds is 4. The first-order valence-corrected chi connectivity index (χ1v) is 6.50. The lowest BCUT2D eigenvalue weighted by atomic mass is 10.1. The van der Waals surface area contributed by atoms with Gasteiger partial charge in [0.15, 0.2) is 0 Å². The first kappa shape index (κ1) is 13.4. The number of benzene rings is 1. The molecular formula is C14H19N3O2. The number of nitrogens with zero attached hydrogens (tertiary/aromatic N) is 1. The third-order valence-electron chi connectivity index (χ3n) is 3.50. The monoisotopic (exact) mass is 261 g/mol. The fourth-order valence-electron chi connectivity index (χ4n) is 2.26. The maximum atomic E-state index is 12.1. The SMILES string of the molecule is CCCC1NC(=O)N(Cc2cccc(N)c2C)C1=O. The van der Waals surface area contributed by atoms with Crippen LogP contribution in [0, 0.1) is 6.92 Å². The highest BCUT2D eigenvalue weighted by Gasteiger charge is 2.37. The first-order valence-electron chi connectivity index (χ1n) is 6.50. The van der Waals surface area contributed by atoms with Gasteiger partial charge < -0.3 is 11.1 Å². The Morgan fingerprint density at radius 1 is 1.37 bits per heavy atom. The third kappa shape index (κ3) is 2.54. The van der Waals surface area contributed by atoms with Crippen LogP contribution in [0.3, 0.4) is 0 Å². The van der Waals surface area contributed by atoms with E-state index < -0.39 is 0 Å². The van der Waals surface area contributed by atoms with Gasteiger partial charge >= 0.3 is 6.03 Å². The summed E-state index contributed by atoms with van der Waals surface area (Å²) >= 11 is 0. The van der Waals surface area contributed by atoms with Crippen LogP contribution in [0.15, 0.2) is 18.2 Å². The average molecular weight is 261 g/mol. The predicted octanol–water partition coefficient (Wildman–Crippen LogP) is 1.80. The van der Waals surface area contributed by atoms with Crippen LogP contribution in [0.2, 0.25) is 0 Å². The zero-order chi connectivity index (χ0) is 14.0. The van der Waals surface area contributed by atoms with Crippen molar-refractivity contribution in [1.29, 1.82) is 0 Å². The van der Waals surface area contributed by atoms with Gasteiger partial charge in [0.1, 0.15) is 6.04 Å². The van der Waals surface area contributed by atoms with Crippen molar-refractivity contribution >= 4 is 17.6 Å². The summed E-state index contributed by atoms with van der Waals surface area (Å²) in [5.41, 5.74) is 8.33. The number of urea groups is 1. The van der Waals surface area contributed by atoms with E-state index in [9.17, 15) is 9.59 Å². The van der Waals surface area contributed by atoms with Crippen molar-refractivity contribution in [3.63, 3.8) is 0 Å². The summed E-state index contributed by atoms with van der Waals surface area (Å²) in [6.45, 7) is 4.17. The number of nitrogen functional groups attached to an aromatic ring is 1. The summed E-state index contributed by atoms with van der Waals surface area (Å²) in [7, 11) is 0. The van der Waals surface area contributed by atoms with Gasteiger partial charge in [0, 0.05) is 5.69 Å². The number of hydrogen-bond donors (Lipinski definition) is 2. The summed E-state index contributed by atoms with van der Waals surface area (Å²) in [4.78, 5) is 25.2. The number of carbonyl (C=O) groups excluding carboxylic acids is 2. The summed E-state index contributed by atoms with van der Waals surface area (Å²) < 4.78 is 0. The lowest BCUT2D eigenvalue weighted by Gasteiger charge is -2.15. The van der Waals surface area contributed by atoms with Crippen LogP contribution in [0.4, 0.5) is 10.5 Å². The quantitative estimate of drug-likeness (QED) is 0.641. The zero-order valence-electron chi connectivity index (χ0n) is 11.3. The Bertz CT molecular complexity index is 513. The molecule has 0 radical (unpaired) electrons. The van der Waals surface area contributed by atoms with Crippen molar-refractivity contribution in [3.8, 4) is 0 Å². The Balaban J connectivity index is 2.17. The summed E-state index contributed by atoms with van der Waals surface area (Å²) in [5, 5.41) is 2.72.